The molecule has 1 aromatic rings. The molecule has 0 N–H and O–H groups in total. The average molecular weight is 218 g/mol. The fourth-order valence-corrected chi connectivity index (χ4v) is 1.18. The van der Waals surface area contributed by atoms with Crippen LogP contribution in [0, 0.1) is 5.82 Å². The Bertz CT molecular complexity index is 267. The van der Waals surface area contributed by atoms with Gasteiger partial charge in [-0.25, -0.2) is 13.2 Å². The first-order valence-electron chi connectivity index (χ1n) is 5.10. The van der Waals surface area contributed by atoms with Gasteiger partial charge in [-0.05, 0) is 11.5 Å². The van der Waals surface area contributed by atoms with Crippen molar-refractivity contribution in [2.75, 3.05) is 0 Å². The first-order chi connectivity index (χ1) is 7.04. The molecule has 0 aliphatic heterocycles. The van der Waals surface area contributed by atoms with Gasteiger partial charge in [0.15, 0.2) is 0 Å². The number of benzene rings is 1. The largest absolute Gasteiger partial charge is 0.266 e. The van der Waals surface area contributed by atoms with Gasteiger partial charge in [0, 0.05) is 0 Å². The van der Waals surface area contributed by atoms with Gasteiger partial charge in [-0.15, -0.1) is 0 Å². The summed E-state index contributed by atoms with van der Waals surface area (Å²) in [5, 5.41) is 0. The highest BCUT2D eigenvalue weighted by atomic mass is 19.3. The molecule has 0 unspecified atom stereocenters. The van der Waals surface area contributed by atoms with Gasteiger partial charge in [-0.2, -0.15) is 0 Å². The fourth-order valence-electron chi connectivity index (χ4n) is 1.18. The average Bonchev–Trinajstić information content (AvgIpc) is 2.20. The van der Waals surface area contributed by atoms with Gasteiger partial charge in [-0.3, -0.25) is 0 Å². The van der Waals surface area contributed by atoms with Crippen molar-refractivity contribution in [3.8, 4) is 0 Å². The van der Waals surface area contributed by atoms with E-state index in [0.29, 0.717) is 5.56 Å². The Kier molecular flexibility index (Phi) is 6.06. The van der Waals surface area contributed by atoms with Gasteiger partial charge in [0.2, 0.25) is 0 Å². The lowest BCUT2D eigenvalue weighted by Crippen LogP contribution is -1.98. The Balaban J connectivity index is 0.000000921. The van der Waals surface area contributed by atoms with Crippen LogP contribution in [0.4, 0.5) is 13.2 Å². The molecule has 0 saturated carbocycles. The summed E-state index contributed by atoms with van der Waals surface area (Å²) < 4.78 is 37.8. The van der Waals surface area contributed by atoms with E-state index in [1.807, 2.05) is 13.8 Å². The van der Waals surface area contributed by atoms with Crippen LogP contribution in [0.5, 0.6) is 0 Å². The molecule has 0 amide bonds. The van der Waals surface area contributed by atoms with Gasteiger partial charge in [0.1, 0.15) is 5.82 Å². The number of rotatable bonds is 2. The van der Waals surface area contributed by atoms with Crippen LogP contribution in [0.1, 0.15) is 51.2 Å². The maximum atomic E-state index is 13.3. The van der Waals surface area contributed by atoms with Crippen molar-refractivity contribution >= 4 is 0 Å². The molecule has 0 radical (unpaired) electrons. The number of halogens is 3. The fraction of sp³-hybridized carbons (Fsp3) is 0.500. The van der Waals surface area contributed by atoms with E-state index in [4.69, 9.17) is 0 Å². The zero-order valence-corrected chi connectivity index (χ0v) is 9.52. The molecule has 1 aromatic carbocycles. The molecular weight excluding hydrogens is 201 g/mol. The minimum Gasteiger partial charge on any atom is -0.206 e. The van der Waals surface area contributed by atoms with E-state index in [0.717, 1.165) is 6.07 Å². The summed E-state index contributed by atoms with van der Waals surface area (Å²) in [5.41, 5.74) is -0.163. The van der Waals surface area contributed by atoms with E-state index in [1.165, 1.54) is 12.1 Å². The normalized spacial score (nSPS) is 10.2. The summed E-state index contributed by atoms with van der Waals surface area (Å²) in [7, 11) is 0. The molecule has 15 heavy (non-hydrogen) atoms. The zero-order chi connectivity index (χ0) is 12.0. The molecule has 0 heterocycles. The van der Waals surface area contributed by atoms with E-state index < -0.39 is 17.8 Å². The van der Waals surface area contributed by atoms with Crippen LogP contribution in [-0.2, 0) is 0 Å². The summed E-state index contributed by atoms with van der Waals surface area (Å²) in [5.74, 6) is -0.841. The second kappa shape index (κ2) is 6.49. The van der Waals surface area contributed by atoms with Crippen LogP contribution >= 0.6 is 0 Å². The third-order valence-corrected chi connectivity index (χ3v) is 1.92. The highest BCUT2D eigenvalue weighted by molar-refractivity contribution is 5.28. The quantitative estimate of drug-likeness (QED) is 0.661. The predicted molar refractivity (Wildman–Crippen MR) is 56.8 cm³/mol. The van der Waals surface area contributed by atoms with Crippen LogP contribution in [0.3, 0.4) is 0 Å². The third kappa shape index (κ3) is 3.57. The van der Waals surface area contributed by atoms with Crippen molar-refractivity contribution in [2.45, 2.75) is 40.0 Å². The maximum absolute atomic E-state index is 13.3. The summed E-state index contributed by atoms with van der Waals surface area (Å²) in [4.78, 5) is 0. The maximum Gasteiger partial charge on any atom is 0.266 e. The second-order valence-electron chi connectivity index (χ2n) is 3.21. The van der Waals surface area contributed by atoms with Crippen LogP contribution in [0.2, 0.25) is 0 Å². The molecule has 0 fully saturated rings. The third-order valence-electron chi connectivity index (χ3n) is 1.92. The van der Waals surface area contributed by atoms with Crippen molar-refractivity contribution in [1.82, 2.24) is 0 Å². The summed E-state index contributed by atoms with van der Waals surface area (Å²) in [6.07, 6.45) is -2.74. The Labute approximate surface area is 89.1 Å². The van der Waals surface area contributed by atoms with Crippen LogP contribution in [0.25, 0.3) is 0 Å². The first-order valence-corrected chi connectivity index (χ1v) is 5.10. The summed E-state index contributed by atoms with van der Waals surface area (Å²) >= 11 is 0. The van der Waals surface area contributed by atoms with Gasteiger partial charge in [-0.1, -0.05) is 45.9 Å². The highest BCUT2D eigenvalue weighted by Gasteiger charge is 2.16. The Morgan fingerprint density at radius 1 is 1.00 bits per heavy atom. The zero-order valence-electron chi connectivity index (χ0n) is 9.52. The van der Waals surface area contributed by atoms with E-state index >= 15 is 0 Å². The standard InChI is InChI=1S/C10H11F3.C2H6/c1-6(2)7-4-3-5-8(9(7)11)10(12)13;1-2/h3-6,10H,1-2H3;1-2H3. The van der Waals surface area contributed by atoms with Gasteiger partial charge in [0.25, 0.3) is 6.43 Å². The molecule has 0 saturated heterocycles. The van der Waals surface area contributed by atoms with Crippen LogP contribution < -0.4 is 0 Å². The van der Waals surface area contributed by atoms with E-state index in [2.05, 4.69) is 0 Å². The molecule has 3 heteroatoms. The summed E-state index contributed by atoms with van der Waals surface area (Å²) in [6.45, 7) is 7.54. The molecular formula is C12H17F3. The lowest BCUT2D eigenvalue weighted by atomic mass is 10.00. The molecule has 0 nitrogen and oxygen atoms in total. The monoisotopic (exact) mass is 218 g/mol. The minimum absolute atomic E-state index is 0.0706. The topological polar surface area (TPSA) is 0 Å². The Hall–Kier alpha value is -0.990. The lowest BCUT2D eigenvalue weighted by molar-refractivity contribution is 0.146. The Morgan fingerprint density at radius 2 is 1.47 bits per heavy atom. The summed E-state index contributed by atoms with van der Waals surface area (Å²) in [6, 6.07) is 4.11. The van der Waals surface area contributed by atoms with E-state index in [1.54, 1.807) is 13.8 Å². The van der Waals surface area contributed by atoms with Gasteiger partial charge < -0.3 is 0 Å². The number of alkyl halides is 2. The number of hydrogen-bond donors (Lipinski definition) is 0. The minimum atomic E-state index is -2.74. The highest BCUT2D eigenvalue weighted by Crippen LogP contribution is 2.27. The van der Waals surface area contributed by atoms with Crippen molar-refractivity contribution < 1.29 is 13.2 Å². The molecule has 1 rings (SSSR count). The Morgan fingerprint density at radius 3 is 1.87 bits per heavy atom. The van der Waals surface area contributed by atoms with E-state index in [9.17, 15) is 13.2 Å². The van der Waals surface area contributed by atoms with Crippen LogP contribution in [-0.4, -0.2) is 0 Å². The smallest absolute Gasteiger partial charge is 0.206 e. The molecule has 0 spiro atoms. The molecule has 0 aromatic heterocycles. The lowest BCUT2D eigenvalue weighted by Gasteiger charge is -2.09. The predicted octanol–water partition coefficient (Wildman–Crippen LogP) is 4.91. The second-order valence-corrected chi connectivity index (χ2v) is 3.21. The van der Waals surface area contributed by atoms with Gasteiger partial charge in [0.05, 0.1) is 5.56 Å². The molecule has 0 atom stereocenters. The van der Waals surface area contributed by atoms with Gasteiger partial charge >= 0.3 is 0 Å². The van der Waals surface area contributed by atoms with Crippen LogP contribution in [0.15, 0.2) is 18.2 Å². The van der Waals surface area contributed by atoms with Crippen molar-refractivity contribution in [2.24, 2.45) is 0 Å². The molecule has 0 bridgehead atoms. The van der Waals surface area contributed by atoms with Crippen molar-refractivity contribution in [1.29, 1.82) is 0 Å². The SMILES string of the molecule is CC.CC(C)c1cccc(C(F)F)c1F. The molecule has 0 aliphatic rings. The first kappa shape index (κ1) is 14.0. The van der Waals surface area contributed by atoms with E-state index in [-0.39, 0.29) is 5.92 Å². The molecule has 0 aliphatic carbocycles. The number of hydrogen-bond acceptors (Lipinski definition) is 0. The molecule has 86 valence electrons. The van der Waals surface area contributed by atoms with Crippen molar-refractivity contribution in [3.63, 3.8) is 0 Å². The van der Waals surface area contributed by atoms with Crippen molar-refractivity contribution in [3.05, 3.63) is 35.1 Å².